The summed E-state index contributed by atoms with van der Waals surface area (Å²) in [5.41, 5.74) is 0. The molecule has 1 saturated carbocycles. The largest absolute Gasteiger partial charge is 0.299 e. The van der Waals surface area contributed by atoms with E-state index in [-0.39, 0.29) is 5.92 Å². The first-order valence-electron chi connectivity index (χ1n) is 6.32. The van der Waals surface area contributed by atoms with Crippen LogP contribution in [0.25, 0.3) is 0 Å². The second-order valence-electron chi connectivity index (χ2n) is 5.07. The predicted octanol–water partition coefficient (Wildman–Crippen LogP) is 3.05. The first kappa shape index (κ1) is 12.5. The third-order valence-corrected chi connectivity index (χ3v) is 3.37. The van der Waals surface area contributed by atoms with Crippen molar-refractivity contribution in [3.63, 3.8) is 0 Å². The van der Waals surface area contributed by atoms with Crippen LogP contribution in [0.1, 0.15) is 46.5 Å². The zero-order valence-electron chi connectivity index (χ0n) is 10.4. The van der Waals surface area contributed by atoms with Gasteiger partial charge in [0.05, 0.1) is 12.0 Å². The van der Waals surface area contributed by atoms with Crippen molar-refractivity contribution in [2.75, 3.05) is 13.1 Å². The first-order chi connectivity index (χ1) is 7.19. The molecule has 0 amide bonds. The highest BCUT2D eigenvalue weighted by Gasteiger charge is 2.29. The minimum atomic E-state index is 0.275. The Bertz CT molecular complexity index is 217. The monoisotopic (exact) mass is 208 g/mol. The molecule has 15 heavy (non-hydrogen) atoms. The average molecular weight is 208 g/mol. The molecule has 0 N–H and O–H groups in total. The van der Waals surface area contributed by atoms with Crippen LogP contribution in [-0.2, 0) is 0 Å². The van der Waals surface area contributed by atoms with Gasteiger partial charge in [-0.05, 0) is 25.3 Å². The number of rotatable bonds is 4. The third-order valence-electron chi connectivity index (χ3n) is 3.37. The molecule has 1 aliphatic carbocycles. The first-order valence-corrected chi connectivity index (χ1v) is 6.32. The van der Waals surface area contributed by atoms with Gasteiger partial charge < -0.3 is 0 Å². The Morgan fingerprint density at radius 2 is 2.00 bits per heavy atom. The van der Waals surface area contributed by atoms with Crippen molar-refractivity contribution < 1.29 is 0 Å². The van der Waals surface area contributed by atoms with Crippen LogP contribution in [0.4, 0.5) is 0 Å². The van der Waals surface area contributed by atoms with Crippen molar-refractivity contribution >= 4 is 0 Å². The minimum Gasteiger partial charge on any atom is -0.299 e. The summed E-state index contributed by atoms with van der Waals surface area (Å²) in [5.74, 6) is 0.976. The molecule has 86 valence electrons. The van der Waals surface area contributed by atoms with Crippen LogP contribution in [0.15, 0.2) is 0 Å². The summed E-state index contributed by atoms with van der Waals surface area (Å²) in [6.07, 6.45) is 4.87. The molecule has 2 nitrogen and oxygen atoms in total. The molecule has 0 radical (unpaired) electrons. The lowest BCUT2D eigenvalue weighted by Gasteiger charge is -2.37. The van der Waals surface area contributed by atoms with Crippen molar-refractivity contribution in [1.82, 2.24) is 4.90 Å². The van der Waals surface area contributed by atoms with Crippen molar-refractivity contribution in [3.8, 4) is 6.07 Å². The highest BCUT2D eigenvalue weighted by atomic mass is 15.2. The fourth-order valence-electron chi connectivity index (χ4n) is 2.67. The summed E-state index contributed by atoms with van der Waals surface area (Å²) in [4.78, 5) is 2.51. The summed E-state index contributed by atoms with van der Waals surface area (Å²) < 4.78 is 0. The Kier molecular flexibility index (Phi) is 5.11. The van der Waals surface area contributed by atoms with Gasteiger partial charge in [-0.3, -0.25) is 4.90 Å². The minimum absolute atomic E-state index is 0.275. The van der Waals surface area contributed by atoms with E-state index < -0.39 is 0 Å². The number of nitrogens with zero attached hydrogens (tertiary/aromatic N) is 2. The van der Waals surface area contributed by atoms with Crippen LogP contribution < -0.4 is 0 Å². The highest BCUT2D eigenvalue weighted by molar-refractivity contribution is 4.95. The van der Waals surface area contributed by atoms with Crippen LogP contribution in [0.3, 0.4) is 0 Å². The van der Waals surface area contributed by atoms with E-state index in [1.54, 1.807) is 0 Å². The Morgan fingerprint density at radius 1 is 1.33 bits per heavy atom. The van der Waals surface area contributed by atoms with Crippen molar-refractivity contribution in [1.29, 1.82) is 5.26 Å². The van der Waals surface area contributed by atoms with Gasteiger partial charge in [0.2, 0.25) is 0 Å². The fraction of sp³-hybridized carbons (Fsp3) is 0.923. The predicted molar refractivity (Wildman–Crippen MR) is 63.4 cm³/mol. The standard InChI is InChI=1S/C13H24N2/c1-4-15(10-11(2)3)13-8-6-5-7-12(13)9-14/h11-13H,4-8,10H2,1-3H3. The van der Waals surface area contributed by atoms with Crippen LogP contribution in [-0.4, -0.2) is 24.0 Å². The zero-order valence-corrected chi connectivity index (χ0v) is 10.4. The molecule has 2 atom stereocenters. The quantitative estimate of drug-likeness (QED) is 0.710. The Hall–Kier alpha value is -0.550. The van der Waals surface area contributed by atoms with E-state index in [1.807, 2.05) is 0 Å². The van der Waals surface area contributed by atoms with E-state index in [2.05, 4.69) is 31.7 Å². The molecule has 2 unspecified atom stereocenters. The van der Waals surface area contributed by atoms with Gasteiger partial charge in [-0.15, -0.1) is 0 Å². The second kappa shape index (κ2) is 6.12. The number of hydrogen-bond donors (Lipinski definition) is 0. The maximum atomic E-state index is 9.16. The molecule has 0 saturated heterocycles. The van der Waals surface area contributed by atoms with Gasteiger partial charge in [0.25, 0.3) is 0 Å². The Balaban J connectivity index is 2.60. The van der Waals surface area contributed by atoms with Crippen LogP contribution in [0.2, 0.25) is 0 Å². The average Bonchev–Trinajstić information content (AvgIpc) is 2.25. The molecular formula is C13H24N2. The summed E-state index contributed by atoms with van der Waals surface area (Å²) in [6.45, 7) is 8.95. The van der Waals surface area contributed by atoms with Gasteiger partial charge in [-0.1, -0.05) is 33.6 Å². The van der Waals surface area contributed by atoms with E-state index in [4.69, 9.17) is 5.26 Å². The van der Waals surface area contributed by atoms with Crippen LogP contribution in [0.5, 0.6) is 0 Å². The highest BCUT2D eigenvalue weighted by Crippen LogP contribution is 2.28. The lowest BCUT2D eigenvalue weighted by molar-refractivity contribution is 0.120. The van der Waals surface area contributed by atoms with Gasteiger partial charge in [0.15, 0.2) is 0 Å². The molecule has 1 rings (SSSR count). The molecule has 0 bridgehead atoms. The van der Waals surface area contributed by atoms with Gasteiger partial charge >= 0.3 is 0 Å². The van der Waals surface area contributed by atoms with Crippen molar-refractivity contribution in [2.45, 2.75) is 52.5 Å². The van der Waals surface area contributed by atoms with Gasteiger partial charge in [0.1, 0.15) is 0 Å². The van der Waals surface area contributed by atoms with Gasteiger partial charge in [0, 0.05) is 12.6 Å². The van der Waals surface area contributed by atoms with E-state index in [1.165, 1.54) is 19.3 Å². The molecule has 0 aromatic carbocycles. The Morgan fingerprint density at radius 3 is 2.53 bits per heavy atom. The van der Waals surface area contributed by atoms with E-state index in [0.29, 0.717) is 12.0 Å². The van der Waals surface area contributed by atoms with Crippen LogP contribution in [0, 0.1) is 23.2 Å². The SMILES string of the molecule is CCN(CC(C)C)C1CCCCC1C#N. The summed E-state index contributed by atoms with van der Waals surface area (Å²) in [7, 11) is 0. The van der Waals surface area contributed by atoms with Gasteiger partial charge in [-0.25, -0.2) is 0 Å². The van der Waals surface area contributed by atoms with Crippen molar-refractivity contribution in [3.05, 3.63) is 0 Å². The molecule has 0 spiro atoms. The summed E-state index contributed by atoms with van der Waals surface area (Å²) >= 11 is 0. The molecule has 0 aromatic rings. The topological polar surface area (TPSA) is 27.0 Å². The lowest BCUT2D eigenvalue weighted by Crippen LogP contribution is -2.43. The second-order valence-corrected chi connectivity index (χ2v) is 5.07. The van der Waals surface area contributed by atoms with Crippen LogP contribution >= 0.6 is 0 Å². The molecule has 0 aromatic heterocycles. The maximum Gasteiger partial charge on any atom is 0.0672 e. The van der Waals surface area contributed by atoms with E-state index >= 15 is 0 Å². The molecule has 0 heterocycles. The van der Waals surface area contributed by atoms with Gasteiger partial charge in [-0.2, -0.15) is 5.26 Å². The smallest absolute Gasteiger partial charge is 0.0672 e. The van der Waals surface area contributed by atoms with E-state index in [0.717, 1.165) is 19.5 Å². The lowest BCUT2D eigenvalue weighted by atomic mass is 9.84. The zero-order chi connectivity index (χ0) is 11.3. The molecular weight excluding hydrogens is 184 g/mol. The molecule has 0 aliphatic heterocycles. The molecule has 1 fully saturated rings. The third kappa shape index (κ3) is 3.50. The number of hydrogen-bond acceptors (Lipinski definition) is 2. The fourth-order valence-corrected chi connectivity index (χ4v) is 2.67. The summed E-state index contributed by atoms with van der Waals surface area (Å²) in [6, 6.07) is 3.02. The number of nitriles is 1. The maximum absolute atomic E-state index is 9.16. The normalized spacial score (nSPS) is 26.9. The Labute approximate surface area is 94.3 Å². The molecule has 2 heteroatoms. The van der Waals surface area contributed by atoms with E-state index in [9.17, 15) is 0 Å². The van der Waals surface area contributed by atoms with Crippen molar-refractivity contribution in [2.24, 2.45) is 11.8 Å². The molecule has 1 aliphatic rings. The summed E-state index contributed by atoms with van der Waals surface area (Å²) in [5, 5.41) is 9.16.